The second kappa shape index (κ2) is 2.52. The van der Waals surface area contributed by atoms with Gasteiger partial charge in [0, 0.05) is 17.3 Å². The lowest BCUT2D eigenvalue weighted by Crippen LogP contribution is -2.10. The molecule has 0 saturated heterocycles. The molecule has 0 saturated carbocycles. The Morgan fingerprint density at radius 3 is 2.83 bits per heavy atom. The largest absolute Gasteiger partial charge is 0.277 e. The quantitative estimate of drug-likeness (QED) is 0.574. The SMILES string of the molecule is O=C1N=CC(F)c2ccccc21. The van der Waals surface area contributed by atoms with Gasteiger partial charge in [-0.3, -0.25) is 4.79 Å². The molecule has 1 aliphatic rings. The minimum absolute atomic E-state index is 0.362. The first-order chi connectivity index (χ1) is 5.79. The molecule has 0 bridgehead atoms. The smallest absolute Gasteiger partial charge is 0.267 e. The Balaban J connectivity index is 2.61. The number of hydrogen-bond acceptors (Lipinski definition) is 1. The Labute approximate surface area is 68.7 Å². The van der Waals surface area contributed by atoms with E-state index in [1.165, 1.54) is 0 Å². The number of carbonyl (C=O) groups is 1. The average Bonchev–Trinajstić information content (AvgIpc) is 2.12. The van der Waals surface area contributed by atoms with E-state index in [1.807, 2.05) is 0 Å². The van der Waals surface area contributed by atoms with Gasteiger partial charge in [-0.05, 0) is 6.07 Å². The van der Waals surface area contributed by atoms with Crippen molar-refractivity contribution in [2.45, 2.75) is 6.17 Å². The maximum absolute atomic E-state index is 13.0. The summed E-state index contributed by atoms with van der Waals surface area (Å²) in [6.45, 7) is 0. The van der Waals surface area contributed by atoms with Crippen LogP contribution >= 0.6 is 0 Å². The minimum Gasteiger partial charge on any atom is -0.267 e. The van der Waals surface area contributed by atoms with Gasteiger partial charge in [-0.25, -0.2) is 9.38 Å². The van der Waals surface area contributed by atoms with Gasteiger partial charge < -0.3 is 0 Å². The van der Waals surface area contributed by atoms with Crippen molar-refractivity contribution >= 4 is 12.1 Å². The van der Waals surface area contributed by atoms with Crippen LogP contribution in [0.15, 0.2) is 29.3 Å². The average molecular weight is 163 g/mol. The number of halogens is 1. The predicted molar refractivity (Wildman–Crippen MR) is 43.1 cm³/mol. The van der Waals surface area contributed by atoms with Crippen LogP contribution in [0.4, 0.5) is 4.39 Å². The third-order valence-electron chi connectivity index (χ3n) is 1.81. The van der Waals surface area contributed by atoms with Gasteiger partial charge in [0.2, 0.25) is 0 Å². The normalized spacial score (nSPS) is 20.8. The topological polar surface area (TPSA) is 29.4 Å². The summed E-state index contributed by atoms with van der Waals surface area (Å²) >= 11 is 0. The fraction of sp³-hybridized carbons (Fsp3) is 0.111. The van der Waals surface area contributed by atoms with Crippen LogP contribution in [-0.4, -0.2) is 12.1 Å². The molecule has 1 aromatic rings. The molecule has 0 spiro atoms. The fourth-order valence-corrected chi connectivity index (χ4v) is 1.22. The molecule has 0 fully saturated rings. The standard InChI is InChI=1S/C9H6FNO/c10-8-5-11-9(12)7-4-2-1-3-6(7)8/h1-5,8H. The summed E-state index contributed by atoms with van der Waals surface area (Å²) in [5.41, 5.74) is 0.782. The van der Waals surface area contributed by atoms with E-state index in [0.29, 0.717) is 11.1 Å². The first-order valence-electron chi connectivity index (χ1n) is 3.60. The van der Waals surface area contributed by atoms with Gasteiger partial charge in [0.05, 0.1) is 0 Å². The van der Waals surface area contributed by atoms with Crippen LogP contribution in [0.2, 0.25) is 0 Å². The molecule has 0 aliphatic carbocycles. The molecule has 1 aliphatic heterocycles. The number of hydrogen-bond donors (Lipinski definition) is 0. The molecule has 1 atom stereocenters. The molecule has 1 unspecified atom stereocenters. The lowest BCUT2D eigenvalue weighted by atomic mass is 10.0. The van der Waals surface area contributed by atoms with E-state index >= 15 is 0 Å². The van der Waals surface area contributed by atoms with Crippen molar-refractivity contribution in [1.29, 1.82) is 0 Å². The van der Waals surface area contributed by atoms with Gasteiger partial charge in [0.1, 0.15) is 0 Å². The molecule has 1 amide bonds. The van der Waals surface area contributed by atoms with Gasteiger partial charge in [-0.2, -0.15) is 0 Å². The van der Waals surface area contributed by atoms with Gasteiger partial charge >= 0.3 is 0 Å². The second-order valence-electron chi connectivity index (χ2n) is 2.57. The molecular weight excluding hydrogens is 157 g/mol. The highest BCUT2D eigenvalue weighted by molar-refractivity contribution is 6.04. The zero-order valence-electron chi connectivity index (χ0n) is 6.20. The first-order valence-corrected chi connectivity index (χ1v) is 3.60. The van der Waals surface area contributed by atoms with Gasteiger partial charge in [0.25, 0.3) is 5.91 Å². The number of amides is 1. The van der Waals surface area contributed by atoms with Gasteiger partial charge in [0.15, 0.2) is 6.17 Å². The molecule has 12 heavy (non-hydrogen) atoms. The zero-order valence-corrected chi connectivity index (χ0v) is 6.20. The maximum Gasteiger partial charge on any atom is 0.277 e. The minimum atomic E-state index is -1.24. The molecule has 60 valence electrons. The summed E-state index contributed by atoms with van der Waals surface area (Å²) < 4.78 is 13.0. The third-order valence-corrected chi connectivity index (χ3v) is 1.81. The molecular formula is C9H6FNO. The van der Waals surface area contributed by atoms with E-state index in [9.17, 15) is 9.18 Å². The van der Waals surface area contributed by atoms with E-state index in [1.54, 1.807) is 24.3 Å². The molecule has 0 N–H and O–H groups in total. The molecule has 0 aromatic heterocycles. The molecule has 0 radical (unpaired) electrons. The van der Waals surface area contributed by atoms with E-state index in [4.69, 9.17) is 0 Å². The van der Waals surface area contributed by atoms with E-state index in [-0.39, 0.29) is 5.91 Å². The molecule has 1 aromatic carbocycles. The maximum atomic E-state index is 13.0. The van der Waals surface area contributed by atoms with Crippen LogP contribution in [0, 0.1) is 0 Å². The Morgan fingerprint density at radius 2 is 2.08 bits per heavy atom. The fourth-order valence-electron chi connectivity index (χ4n) is 1.22. The number of nitrogens with zero attached hydrogens (tertiary/aromatic N) is 1. The Hall–Kier alpha value is -1.51. The summed E-state index contributed by atoms with van der Waals surface area (Å²) in [6.07, 6.45) is -0.205. The monoisotopic (exact) mass is 163 g/mol. The van der Waals surface area contributed by atoms with Crippen LogP contribution in [0.5, 0.6) is 0 Å². The van der Waals surface area contributed by atoms with Crippen molar-refractivity contribution < 1.29 is 9.18 Å². The lowest BCUT2D eigenvalue weighted by molar-refractivity contribution is 0.0997. The van der Waals surface area contributed by atoms with Crippen molar-refractivity contribution in [3.05, 3.63) is 35.4 Å². The van der Waals surface area contributed by atoms with E-state index < -0.39 is 6.17 Å². The number of carbonyl (C=O) groups excluding carboxylic acids is 1. The van der Waals surface area contributed by atoms with Crippen LogP contribution in [0.3, 0.4) is 0 Å². The Bertz CT molecular complexity index is 359. The highest BCUT2D eigenvalue weighted by Gasteiger charge is 2.20. The van der Waals surface area contributed by atoms with Crippen molar-refractivity contribution in [2.24, 2.45) is 4.99 Å². The molecule has 1 heterocycles. The van der Waals surface area contributed by atoms with Crippen LogP contribution in [-0.2, 0) is 0 Å². The van der Waals surface area contributed by atoms with Crippen molar-refractivity contribution in [1.82, 2.24) is 0 Å². The lowest BCUT2D eigenvalue weighted by Gasteiger charge is -2.11. The summed E-state index contributed by atoms with van der Waals surface area (Å²) in [7, 11) is 0. The van der Waals surface area contributed by atoms with Crippen LogP contribution in [0.1, 0.15) is 22.1 Å². The highest BCUT2D eigenvalue weighted by Crippen LogP contribution is 2.23. The zero-order chi connectivity index (χ0) is 8.55. The van der Waals surface area contributed by atoms with E-state index in [2.05, 4.69) is 4.99 Å². The molecule has 2 nitrogen and oxygen atoms in total. The van der Waals surface area contributed by atoms with Gasteiger partial charge in [-0.1, -0.05) is 18.2 Å². The Morgan fingerprint density at radius 1 is 1.33 bits per heavy atom. The number of alkyl halides is 1. The van der Waals surface area contributed by atoms with Crippen LogP contribution in [0.25, 0.3) is 0 Å². The third kappa shape index (κ3) is 0.942. The number of rotatable bonds is 0. The predicted octanol–water partition coefficient (Wildman–Crippen LogP) is 1.92. The van der Waals surface area contributed by atoms with E-state index in [0.717, 1.165) is 6.21 Å². The summed E-state index contributed by atoms with van der Waals surface area (Å²) in [4.78, 5) is 14.5. The highest BCUT2D eigenvalue weighted by atomic mass is 19.1. The number of benzene rings is 1. The summed E-state index contributed by atoms with van der Waals surface area (Å²) in [5, 5.41) is 0. The van der Waals surface area contributed by atoms with Crippen molar-refractivity contribution in [3.63, 3.8) is 0 Å². The van der Waals surface area contributed by atoms with Crippen molar-refractivity contribution in [2.75, 3.05) is 0 Å². The second-order valence-corrected chi connectivity index (χ2v) is 2.57. The first kappa shape index (κ1) is 7.16. The summed E-state index contributed by atoms with van der Waals surface area (Å²) in [6, 6.07) is 6.59. The Kier molecular flexibility index (Phi) is 1.50. The van der Waals surface area contributed by atoms with Crippen molar-refractivity contribution in [3.8, 4) is 0 Å². The number of aliphatic imine (C=N–C) groups is 1. The van der Waals surface area contributed by atoms with Gasteiger partial charge in [-0.15, -0.1) is 0 Å². The number of fused-ring (bicyclic) bond motifs is 1. The molecule has 3 heteroatoms. The van der Waals surface area contributed by atoms with Crippen LogP contribution < -0.4 is 0 Å². The summed E-state index contributed by atoms with van der Waals surface area (Å²) in [5.74, 6) is -0.362. The molecule has 2 rings (SSSR count).